The van der Waals surface area contributed by atoms with Crippen molar-refractivity contribution in [2.24, 2.45) is 0 Å². The van der Waals surface area contributed by atoms with Crippen LogP contribution in [0.15, 0.2) is 0 Å². The van der Waals surface area contributed by atoms with Crippen molar-refractivity contribution in [2.45, 2.75) is 6.42 Å². The van der Waals surface area contributed by atoms with Crippen molar-refractivity contribution >= 4 is 16.2 Å². The quantitative estimate of drug-likeness (QED) is 0.572. The Morgan fingerprint density at radius 3 is 2.85 bits per heavy atom. The number of rotatable bonds is 2. The van der Waals surface area contributed by atoms with Crippen LogP contribution in [0.4, 0.5) is 0 Å². The van der Waals surface area contributed by atoms with Gasteiger partial charge in [-0.15, -0.1) is 0 Å². The molecule has 0 bridgehead atoms. The van der Waals surface area contributed by atoms with E-state index in [0.29, 0.717) is 19.5 Å². The zero-order valence-corrected chi connectivity index (χ0v) is 8.13. The largest absolute Gasteiger partial charge is 0.468 e. The first-order valence-electron chi connectivity index (χ1n) is 3.88. The van der Waals surface area contributed by atoms with Gasteiger partial charge in [0.1, 0.15) is 6.54 Å². The maximum absolute atomic E-state index is 11.2. The van der Waals surface area contributed by atoms with Crippen molar-refractivity contribution in [3.05, 3.63) is 0 Å². The molecule has 1 heterocycles. The van der Waals surface area contributed by atoms with E-state index in [-0.39, 0.29) is 6.54 Å². The van der Waals surface area contributed by atoms with Gasteiger partial charge in [-0.1, -0.05) is 0 Å². The molecule has 1 saturated heterocycles. The summed E-state index contributed by atoms with van der Waals surface area (Å²) in [5.41, 5.74) is 0. The van der Waals surface area contributed by atoms with Crippen LogP contribution in [0.3, 0.4) is 0 Å². The van der Waals surface area contributed by atoms with E-state index in [9.17, 15) is 13.2 Å². The van der Waals surface area contributed by atoms with Crippen molar-refractivity contribution < 1.29 is 17.9 Å². The van der Waals surface area contributed by atoms with E-state index in [2.05, 4.69) is 9.46 Å². The number of ether oxygens (including phenoxy) is 1. The minimum Gasteiger partial charge on any atom is -0.468 e. The number of methoxy groups -OCH3 is 1. The highest BCUT2D eigenvalue weighted by atomic mass is 32.2. The lowest BCUT2D eigenvalue weighted by molar-refractivity contribution is -0.140. The highest BCUT2D eigenvalue weighted by molar-refractivity contribution is 7.87. The Morgan fingerprint density at radius 2 is 2.31 bits per heavy atom. The summed E-state index contributed by atoms with van der Waals surface area (Å²) >= 11 is 0. The highest BCUT2D eigenvalue weighted by Gasteiger charge is 2.27. The summed E-state index contributed by atoms with van der Waals surface area (Å²) < 4.78 is 30.3. The molecule has 0 aliphatic carbocycles. The van der Waals surface area contributed by atoms with E-state index in [1.165, 1.54) is 7.11 Å². The van der Waals surface area contributed by atoms with E-state index >= 15 is 0 Å². The molecule has 1 fully saturated rings. The number of hydrogen-bond donors (Lipinski definition) is 1. The first-order valence-corrected chi connectivity index (χ1v) is 5.32. The lowest BCUT2D eigenvalue weighted by Gasteiger charge is -2.25. The van der Waals surface area contributed by atoms with Gasteiger partial charge in [-0.2, -0.15) is 12.7 Å². The monoisotopic (exact) mass is 208 g/mol. The van der Waals surface area contributed by atoms with Crippen LogP contribution < -0.4 is 4.72 Å². The molecular formula is C6H12N2O4S. The Hall–Kier alpha value is -0.660. The summed E-state index contributed by atoms with van der Waals surface area (Å²) in [5, 5.41) is 0. The van der Waals surface area contributed by atoms with Crippen molar-refractivity contribution in [1.82, 2.24) is 9.03 Å². The van der Waals surface area contributed by atoms with Crippen molar-refractivity contribution in [3.8, 4) is 0 Å². The van der Waals surface area contributed by atoms with Crippen LogP contribution in [-0.2, 0) is 19.7 Å². The Labute approximate surface area is 77.0 Å². The molecular weight excluding hydrogens is 196 g/mol. The van der Waals surface area contributed by atoms with Crippen LogP contribution in [0.1, 0.15) is 6.42 Å². The molecule has 0 aromatic heterocycles. The lowest BCUT2D eigenvalue weighted by atomic mass is 10.4. The molecule has 0 saturated carbocycles. The predicted molar refractivity (Wildman–Crippen MR) is 45.1 cm³/mol. The van der Waals surface area contributed by atoms with Gasteiger partial charge in [0.15, 0.2) is 0 Å². The first kappa shape index (κ1) is 10.4. The molecule has 13 heavy (non-hydrogen) atoms. The fourth-order valence-electron chi connectivity index (χ4n) is 1.04. The van der Waals surface area contributed by atoms with Gasteiger partial charge in [0, 0.05) is 13.1 Å². The maximum atomic E-state index is 11.2. The molecule has 0 radical (unpaired) electrons. The second-order valence-corrected chi connectivity index (χ2v) is 4.42. The molecule has 0 spiro atoms. The Bertz CT molecular complexity index is 287. The molecule has 7 heteroatoms. The normalized spacial score (nSPS) is 22.5. The van der Waals surface area contributed by atoms with E-state index in [1.54, 1.807) is 0 Å². The van der Waals surface area contributed by atoms with Crippen molar-refractivity contribution in [2.75, 3.05) is 26.7 Å². The van der Waals surface area contributed by atoms with Crippen LogP contribution in [0.2, 0.25) is 0 Å². The van der Waals surface area contributed by atoms with Gasteiger partial charge in [0.05, 0.1) is 7.11 Å². The van der Waals surface area contributed by atoms with Crippen LogP contribution in [-0.4, -0.2) is 45.4 Å². The highest BCUT2D eigenvalue weighted by Crippen LogP contribution is 2.04. The van der Waals surface area contributed by atoms with Crippen molar-refractivity contribution in [1.29, 1.82) is 0 Å². The van der Waals surface area contributed by atoms with Crippen LogP contribution in [0.25, 0.3) is 0 Å². The van der Waals surface area contributed by atoms with Gasteiger partial charge in [0.2, 0.25) is 0 Å². The topological polar surface area (TPSA) is 75.7 Å². The summed E-state index contributed by atoms with van der Waals surface area (Å²) in [6.07, 6.45) is 0.705. The first-order chi connectivity index (χ1) is 6.06. The molecule has 1 N–H and O–H groups in total. The minimum atomic E-state index is -3.45. The third kappa shape index (κ3) is 2.64. The number of carbonyl (C=O) groups excluding carboxylic acids is 1. The average Bonchev–Trinajstić information content (AvgIpc) is 2.08. The number of hydrogen-bond acceptors (Lipinski definition) is 4. The van der Waals surface area contributed by atoms with Gasteiger partial charge in [-0.05, 0) is 6.42 Å². The minimum absolute atomic E-state index is 0.216. The van der Waals surface area contributed by atoms with E-state index < -0.39 is 16.2 Å². The van der Waals surface area contributed by atoms with E-state index in [0.717, 1.165) is 4.31 Å². The predicted octanol–water partition coefficient (Wildman–Crippen LogP) is -1.30. The number of nitrogens with zero attached hydrogens (tertiary/aromatic N) is 1. The van der Waals surface area contributed by atoms with Crippen LogP contribution in [0, 0.1) is 0 Å². The Balaban J connectivity index is 2.62. The third-order valence-electron chi connectivity index (χ3n) is 1.74. The maximum Gasteiger partial charge on any atom is 0.321 e. The SMILES string of the molecule is COC(=O)CN1CCCNS1(=O)=O. The summed E-state index contributed by atoms with van der Waals surface area (Å²) in [4.78, 5) is 10.8. The number of carbonyl (C=O) groups is 1. The fourth-order valence-corrected chi connectivity index (χ4v) is 2.27. The van der Waals surface area contributed by atoms with Gasteiger partial charge in [0.25, 0.3) is 10.2 Å². The van der Waals surface area contributed by atoms with Gasteiger partial charge in [-0.25, -0.2) is 4.72 Å². The third-order valence-corrected chi connectivity index (χ3v) is 3.30. The van der Waals surface area contributed by atoms with Crippen LogP contribution in [0.5, 0.6) is 0 Å². The molecule has 1 aliphatic heterocycles. The second-order valence-electron chi connectivity index (χ2n) is 2.66. The van der Waals surface area contributed by atoms with Gasteiger partial charge in [-0.3, -0.25) is 4.79 Å². The number of nitrogens with one attached hydrogen (secondary N) is 1. The van der Waals surface area contributed by atoms with Gasteiger partial charge < -0.3 is 4.74 Å². The second kappa shape index (κ2) is 4.03. The smallest absolute Gasteiger partial charge is 0.321 e. The zero-order chi connectivity index (χ0) is 9.90. The standard InChI is InChI=1S/C6H12N2O4S/c1-12-6(9)5-8-4-2-3-7-13(8,10)11/h7H,2-5H2,1H3. The molecule has 1 aliphatic rings. The fraction of sp³-hybridized carbons (Fsp3) is 0.833. The lowest BCUT2D eigenvalue weighted by Crippen LogP contribution is -2.48. The molecule has 0 aromatic rings. The van der Waals surface area contributed by atoms with Crippen LogP contribution >= 0.6 is 0 Å². The molecule has 1 rings (SSSR count). The summed E-state index contributed by atoms with van der Waals surface area (Å²) in [5.74, 6) is -0.549. The molecule has 0 amide bonds. The Morgan fingerprint density at radius 1 is 1.62 bits per heavy atom. The van der Waals surface area contributed by atoms with E-state index in [4.69, 9.17) is 0 Å². The summed E-state index contributed by atoms with van der Waals surface area (Å²) in [7, 11) is -2.22. The zero-order valence-electron chi connectivity index (χ0n) is 7.32. The van der Waals surface area contributed by atoms with E-state index in [1.807, 2.05) is 0 Å². The van der Waals surface area contributed by atoms with Crippen molar-refractivity contribution in [3.63, 3.8) is 0 Å². The molecule has 6 nitrogen and oxygen atoms in total. The molecule has 0 aromatic carbocycles. The number of esters is 1. The van der Waals surface area contributed by atoms with Gasteiger partial charge >= 0.3 is 5.97 Å². The summed E-state index contributed by atoms with van der Waals surface area (Å²) in [6, 6.07) is 0. The molecule has 0 unspecified atom stereocenters. The molecule has 76 valence electrons. The molecule has 0 atom stereocenters. The average molecular weight is 208 g/mol. The Kier molecular flexibility index (Phi) is 3.23. The summed E-state index contributed by atoms with van der Waals surface area (Å²) in [6.45, 7) is 0.580.